The number of rotatable bonds is 5. The van der Waals surface area contributed by atoms with Gasteiger partial charge in [-0.1, -0.05) is 37.3 Å². The maximum absolute atomic E-state index is 12.7. The molecule has 28 heavy (non-hydrogen) atoms. The summed E-state index contributed by atoms with van der Waals surface area (Å²) in [6.45, 7) is 5.57. The van der Waals surface area contributed by atoms with Crippen molar-refractivity contribution < 1.29 is 4.79 Å². The van der Waals surface area contributed by atoms with Crippen LogP contribution in [0, 0.1) is 0 Å². The molecule has 0 saturated carbocycles. The van der Waals surface area contributed by atoms with Crippen molar-refractivity contribution in [3.63, 3.8) is 0 Å². The molecular formula is C20H29Cl2N5O. The zero-order valence-corrected chi connectivity index (χ0v) is 17.9. The van der Waals surface area contributed by atoms with E-state index < -0.39 is 5.54 Å². The van der Waals surface area contributed by atoms with Crippen LogP contribution in [0.25, 0.3) is 0 Å². The van der Waals surface area contributed by atoms with Gasteiger partial charge in [0.2, 0.25) is 5.91 Å². The van der Waals surface area contributed by atoms with Gasteiger partial charge < -0.3 is 16.0 Å². The number of nitrogens with two attached hydrogens (primary N) is 1. The average molecular weight is 426 g/mol. The highest BCUT2D eigenvalue weighted by molar-refractivity contribution is 5.87. The van der Waals surface area contributed by atoms with Crippen molar-refractivity contribution in [3.05, 3.63) is 54.0 Å². The van der Waals surface area contributed by atoms with Gasteiger partial charge in [0.15, 0.2) is 0 Å². The molecule has 154 valence electrons. The lowest BCUT2D eigenvalue weighted by atomic mass is 9.91. The van der Waals surface area contributed by atoms with Crippen molar-refractivity contribution in [1.82, 2.24) is 15.3 Å². The summed E-state index contributed by atoms with van der Waals surface area (Å²) in [6.07, 6.45) is 4.28. The SMILES string of the molecule is CCc1cc(N2CCC(NC(=O)C(C)(N)c3ccccc3)CC2)ncn1.Cl.Cl. The van der Waals surface area contributed by atoms with Gasteiger partial charge in [0.1, 0.15) is 17.7 Å². The molecular weight excluding hydrogens is 397 g/mol. The standard InChI is InChI=1S/C20H27N5O.2ClH/c1-3-16-13-18(23-14-22-16)25-11-9-17(10-12-25)24-19(26)20(2,21)15-7-5-4-6-8-15;;/h4-8,13-14,17H,3,9-12,21H2,1-2H3,(H,24,26);2*1H. The number of hydrogen-bond acceptors (Lipinski definition) is 5. The number of carbonyl (C=O) groups excluding carboxylic acids is 1. The van der Waals surface area contributed by atoms with Gasteiger partial charge in [0, 0.05) is 30.9 Å². The largest absolute Gasteiger partial charge is 0.356 e. The third-order valence-electron chi connectivity index (χ3n) is 5.07. The van der Waals surface area contributed by atoms with Crippen LogP contribution in [-0.2, 0) is 16.8 Å². The van der Waals surface area contributed by atoms with Crippen molar-refractivity contribution in [3.8, 4) is 0 Å². The molecule has 1 aromatic heterocycles. The molecule has 0 bridgehead atoms. The Labute approximate surface area is 179 Å². The summed E-state index contributed by atoms with van der Waals surface area (Å²) in [6, 6.07) is 11.7. The van der Waals surface area contributed by atoms with E-state index in [4.69, 9.17) is 5.73 Å². The second-order valence-corrected chi connectivity index (χ2v) is 7.02. The minimum absolute atomic E-state index is 0. The van der Waals surface area contributed by atoms with Crippen LogP contribution in [0.1, 0.15) is 37.9 Å². The molecule has 1 saturated heterocycles. The molecule has 1 aromatic carbocycles. The van der Waals surface area contributed by atoms with Crippen LogP contribution in [0.3, 0.4) is 0 Å². The van der Waals surface area contributed by atoms with Crippen molar-refractivity contribution >= 4 is 36.5 Å². The number of piperidine rings is 1. The zero-order chi connectivity index (χ0) is 18.6. The van der Waals surface area contributed by atoms with Crippen LogP contribution in [0.5, 0.6) is 0 Å². The minimum Gasteiger partial charge on any atom is -0.356 e. The number of anilines is 1. The molecule has 1 aliphatic rings. The third-order valence-corrected chi connectivity index (χ3v) is 5.07. The topological polar surface area (TPSA) is 84.1 Å². The highest BCUT2D eigenvalue weighted by Gasteiger charge is 2.32. The van der Waals surface area contributed by atoms with Crippen LogP contribution in [0.15, 0.2) is 42.7 Å². The molecule has 3 rings (SSSR count). The molecule has 6 nitrogen and oxygen atoms in total. The first-order valence-corrected chi connectivity index (χ1v) is 9.22. The zero-order valence-electron chi connectivity index (χ0n) is 16.3. The number of hydrogen-bond donors (Lipinski definition) is 2. The van der Waals surface area contributed by atoms with E-state index in [-0.39, 0.29) is 36.8 Å². The lowest BCUT2D eigenvalue weighted by Crippen LogP contribution is -2.54. The normalized spacial score (nSPS) is 16.3. The van der Waals surface area contributed by atoms with Gasteiger partial charge in [-0.3, -0.25) is 4.79 Å². The Morgan fingerprint density at radius 1 is 1.21 bits per heavy atom. The molecule has 0 spiro atoms. The molecule has 1 unspecified atom stereocenters. The van der Waals surface area contributed by atoms with E-state index in [9.17, 15) is 4.79 Å². The number of aryl methyl sites for hydroxylation is 1. The Morgan fingerprint density at radius 3 is 2.46 bits per heavy atom. The summed E-state index contributed by atoms with van der Waals surface area (Å²) >= 11 is 0. The molecule has 1 fully saturated rings. The summed E-state index contributed by atoms with van der Waals surface area (Å²) < 4.78 is 0. The van der Waals surface area contributed by atoms with Gasteiger partial charge in [-0.25, -0.2) is 9.97 Å². The van der Waals surface area contributed by atoms with Crippen LogP contribution in [0.2, 0.25) is 0 Å². The predicted octanol–water partition coefficient (Wildman–Crippen LogP) is 2.84. The van der Waals surface area contributed by atoms with E-state index in [1.165, 1.54) is 0 Å². The van der Waals surface area contributed by atoms with E-state index in [0.29, 0.717) is 0 Å². The second kappa shape index (κ2) is 10.6. The van der Waals surface area contributed by atoms with Gasteiger partial charge in [-0.15, -0.1) is 24.8 Å². The fourth-order valence-electron chi connectivity index (χ4n) is 3.26. The molecule has 0 aliphatic carbocycles. The molecule has 2 aromatic rings. The van der Waals surface area contributed by atoms with Crippen LogP contribution < -0.4 is 16.0 Å². The smallest absolute Gasteiger partial charge is 0.244 e. The lowest BCUT2D eigenvalue weighted by Gasteiger charge is -2.35. The maximum atomic E-state index is 12.7. The predicted molar refractivity (Wildman–Crippen MR) is 117 cm³/mol. The van der Waals surface area contributed by atoms with E-state index in [1.807, 2.05) is 36.4 Å². The van der Waals surface area contributed by atoms with Gasteiger partial charge in [-0.05, 0) is 31.7 Å². The second-order valence-electron chi connectivity index (χ2n) is 7.02. The summed E-state index contributed by atoms with van der Waals surface area (Å²) in [5.41, 5.74) is 7.15. The summed E-state index contributed by atoms with van der Waals surface area (Å²) in [5, 5.41) is 3.13. The first-order valence-electron chi connectivity index (χ1n) is 9.22. The minimum atomic E-state index is -1.03. The lowest BCUT2D eigenvalue weighted by molar-refractivity contribution is -0.127. The van der Waals surface area contributed by atoms with Gasteiger partial charge in [0.25, 0.3) is 0 Å². The van der Waals surface area contributed by atoms with E-state index >= 15 is 0 Å². The highest BCUT2D eigenvalue weighted by atomic mass is 35.5. The van der Waals surface area contributed by atoms with E-state index in [1.54, 1.807) is 13.3 Å². The van der Waals surface area contributed by atoms with Crippen molar-refractivity contribution in [2.45, 2.75) is 44.7 Å². The molecule has 1 aliphatic heterocycles. The number of amides is 1. The fourth-order valence-corrected chi connectivity index (χ4v) is 3.26. The van der Waals surface area contributed by atoms with Crippen LogP contribution in [-0.4, -0.2) is 35.0 Å². The molecule has 2 heterocycles. The number of benzene rings is 1. The van der Waals surface area contributed by atoms with Gasteiger partial charge in [-0.2, -0.15) is 0 Å². The van der Waals surface area contributed by atoms with Crippen molar-refractivity contribution in [1.29, 1.82) is 0 Å². The van der Waals surface area contributed by atoms with Crippen LogP contribution >= 0.6 is 24.8 Å². The van der Waals surface area contributed by atoms with Crippen molar-refractivity contribution in [2.75, 3.05) is 18.0 Å². The third kappa shape index (κ3) is 5.56. The fraction of sp³-hybridized carbons (Fsp3) is 0.450. The average Bonchev–Trinajstić information content (AvgIpc) is 2.69. The molecule has 1 atom stereocenters. The Kier molecular flexibility index (Phi) is 9.14. The number of carbonyl (C=O) groups is 1. The van der Waals surface area contributed by atoms with Gasteiger partial charge >= 0.3 is 0 Å². The Morgan fingerprint density at radius 2 is 1.86 bits per heavy atom. The van der Waals surface area contributed by atoms with Crippen LogP contribution in [0.4, 0.5) is 5.82 Å². The summed E-state index contributed by atoms with van der Waals surface area (Å²) in [4.78, 5) is 23.6. The van der Waals surface area contributed by atoms with E-state index in [0.717, 1.165) is 49.4 Å². The summed E-state index contributed by atoms with van der Waals surface area (Å²) in [7, 11) is 0. The number of halogens is 2. The van der Waals surface area contributed by atoms with Gasteiger partial charge in [0.05, 0.1) is 0 Å². The first-order chi connectivity index (χ1) is 12.5. The quantitative estimate of drug-likeness (QED) is 0.768. The van der Waals surface area contributed by atoms with E-state index in [2.05, 4.69) is 27.1 Å². The Balaban J connectivity index is 0.00000196. The monoisotopic (exact) mass is 425 g/mol. The molecule has 8 heteroatoms. The molecule has 0 radical (unpaired) electrons. The summed E-state index contributed by atoms with van der Waals surface area (Å²) in [5.74, 6) is 0.840. The molecule has 3 N–H and O–H groups in total. The Hall–Kier alpha value is -1.89. The number of nitrogens with zero attached hydrogens (tertiary/aromatic N) is 3. The molecule has 1 amide bonds. The number of nitrogens with one attached hydrogen (secondary N) is 1. The first kappa shape index (κ1) is 24.1. The number of aromatic nitrogens is 2. The maximum Gasteiger partial charge on any atom is 0.244 e. The van der Waals surface area contributed by atoms with Crippen molar-refractivity contribution in [2.24, 2.45) is 5.73 Å². The highest BCUT2D eigenvalue weighted by Crippen LogP contribution is 2.21. The Bertz CT molecular complexity index is 749.